The third-order valence-electron chi connectivity index (χ3n) is 0.488. The maximum absolute atomic E-state index is 9.85. The molecular formula is C4H10N2O2. The molecule has 0 saturated carbocycles. The second kappa shape index (κ2) is 3.26. The highest BCUT2D eigenvalue weighted by Gasteiger charge is 1.95. The molecule has 48 valence electrons. The summed E-state index contributed by atoms with van der Waals surface area (Å²) in [6.07, 6.45) is -0.776. The quantitative estimate of drug-likeness (QED) is 0.509. The average Bonchev–Trinajstić information content (AvgIpc) is 1.61. The van der Waals surface area contributed by atoms with Gasteiger partial charge in [-0.25, -0.2) is 4.79 Å². The second-order valence-corrected chi connectivity index (χ2v) is 1.61. The third kappa shape index (κ3) is 5.23. The van der Waals surface area contributed by atoms with Gasteiger partial charge in [0.05, 0.1) is 0 Å². The van der Waals surface area contributed by atoms with Gasteiger partial charge in [0.1, 0.15) is 6.61 Å². The second-order valence-electron chi connectivity index (χ2n) is 1.61. The Morgan fingerprint density at radius 2 is 2.38 bits per heavy atom. The van der Waals surface area contributed by atoms with Crippen LogP contribution >= 0.6 is 0 Å². The zero-order valence-electron chi connectivity index (χ0n) is 4.76. The SMILES string of the molecule is C[C@H](N)COC(N)=O. The third-order valence-corrected chi connectivity index (χ3v) is 0.488. The predicted octanol–water partition coefficient (Wildman–Crippen LogP) is -0.571. The molecule has 0 heterocycles. The van der Waals surface area contributed by atoms with Crippen LogP contribution in [0.15, 0.2) is 0 Å². The summed E-state index contributed by atoms with van der Waals surface area (Å²) in [5.74, 6) is 0. The van der Waals surface area contributed by atoms with Crippen molar-refractivity contribution in [1.82, 2.24) is 0 Å². The highest BCUT2D eigenvalue weighted by Crippen LogP contribution is 1.76. The fourth-order valence-electron chi connectivity index (χ4n) is 0.214. The summed E-state index contributed by atoms with van der Waals surface area (Å²) >= 11 is 0. The van der Waals surface area contributed by atoms with Crippen LogP contribution in [-0.2, 0) is 4.74 Å². The van der Waals surface area contributed by atoms with Gasteiger partial charge >= 0.3 is 6.09 Å². The van der Waals surface area contributed by atoms with Gasteiger partial charge in [0.15, 0.2) is 0 Å². The molecule has 0 rings (SSSR count). The lowest BCUT2D eigenvalue weighted by Gasteiger charge is -2.02. The number of carbonyl (C=O) groups is 1. The van der Waals surface area contributed by atoms with Gasteiger partial charge in [-0.2, -0.15) is 0 Å². The number of ether oxygens (including phenoxy) is 1. The van der Waals surface area contributed by atoms with Gasteiger partial charge < -0.3 is 16.2 Å². The molecule has 0 aromatic rings. The van der Waals surface area contributed by atoms with Crippen LogP contribution in [0.4, 0.5) is 4.79 Å². The van der Waals surface area contributed by atoms with Crippen molar-refractivity contribution < 1.29 is 9.53 Å². The summed E-state index contributed by atoms with van der Waals surface area (Å²) < 4.78 is 4.32. The lowest BCUT2D eigenvalue weighted by molar-refractivity contribution is 0.151. The van der Waals surface area contributed by atoms with E-state index in [0.29, 0.717) is 0 Å². The van der Waals surface area contributed by atoms with Crippen molar-refractivity contribution >= 4 is 6.09 Å². The van der Waals surface area contributed by atoms with E-state index in [4.69, 9.17) is 5.73 Å². The fourth-order valence-corrected chi connectivity index (χ4v) is 0.214. The minimum atomic E-state index is -0.776. The van der Waals surface area contributed by atoms with Crippen LogP contribution in [0, 0.1) is 0 Å². The molecule has 0 fully saturated rings. The largest absolute Gasteiger partial charge is 0.448 e. The van der Waals surface area contributed by atoms with E-state index in [1.165, 1.54) is 0 Å². The van der Waals surface area contributed by atoms with Crippen molar-refractivity contribution in [3.05, 3.63) is 0 Å². The molecule has 8 heavy (non-hydrogen) atoms. The Bertz CT molecular complexity index is 82.1. The minimum absolute atomic E-state index is 0.137. The van der Waals surface area contributed by atoms with Crippen molar-refractivity contribution in [2.45, 2.75) is 13.0 Å². The molecule has 0 aromatic carbocycles. The van der Waals surface area contributed by atoms with E-state index in [2.05, 4.69) is 10.5 Å². The summed E-state index contributed by atoms with van der Waals surface area (Å²) in [5.41, 5.74) is 9.83. The number of amides is 1. The molecule has 4 N–H and O–H groups in total. The summed E-state index contributed by atoms with van der Waals surface area (Å²) in [6.45, 7) is 1.91. The number of rotatable bonds is 2. The van der Waals surface area contributed by atoms with Gasteiger partial charge in [0, 0.05) is 6.04 Å². The zero-order valence-corrected chi connectivity index (χ0v) is 4.76. The molecule has 0 aliphatic carbocycles. The van der Waals surface area contributed by atoms with Gasteiger partial charge in [-0.1, -0.05) is 0 Å². The summed E-state index contributed by atoms with van der Waals surface area (Å²) in [7, 11) is 0. The number of primary amides is 1. The first-order valence-corrected chi connectivity index (χ1v) is 2.30. The topological polar surface area (TPSA) is 78.3 Å². The van der Waals surface area contributed by atoms with Crippen LogP contribution in [0.3, 0.4) is 0 Å². The monoisotopic (exact) mass is 118 g/mol. The van der Waals surface area contributed by atoms with E-state index < -0.39 is 6.09 Å². The Morgan fingerprint density at radius 3 is 2.50 bits per heavy atom. The molecule has 1 amide bonds. The van der Waals surface area contributed by atoms with E-state index >= 15 is 0 Å². The Balaban J connectivity index is 3.05. The van der Waals surface area contributed by atoms with Gasteiger partial charge in [0.25, 0.3) is 0 Å². The molecular weight excluding hydrogens is 108 g/mol. The molecule has 0 saturated heterocycles. The summed E-state index contributed by atoms with van der Waals surface area (Å²) in [6, 6.07) is -0.137. The summed E-state index contributed by atoms with van der Waals surface area (Å²) in [4.78, 5) is 9.85. The van der Waals surface area contributed by atoms with E-state index in [0.717, 1.165) is 0 Å². The van der Waals surface area contributed by atoms with Crippen molar-refractivity contribution in [2.75, 3.05) is 6.61 Å². The first kappa shape index (κ1) is 7.23. The van der Waals surface area contributed by atoms with Crippen LogP contribution in [0.25, 0.3) is 0 Å². The average molecular weight is 118 g/mol. The van der Waals surface area contributed by atoms with Crippen LogP contribution < -0.4 is 11.5 Å². The molecule has 0 bridgehead atoms. The lowest BCUT2D eigenvalue weighted by Crippen LogP contribution is -2.26. The Kier molecular flexibility index (Phi) is 2.95. The highest BCUT2D eigenvalue weighted by atomic mass is 16.5. The van der Waals surface area contributed by atoms with E-state index in [1.54, 1.807) is 6.92 Å². The molecule has 0 radical (unpaired) electrons. The Hall–Kier alpha value is -0.770. The minimum Gasteiger partial charge on any atom is -0.448 e. The van der Waals surface area contributed by atoms with Crippen LogP contribution in [0.5, 0.6) is 0 Å². The number of carbonyl (C=O) groups excluding carboxylic acids is 1. The fraction of sp³-hybridized carbons (Fsp3) is 0.750. The first-order chi connectivity index (χ1) is 3.63. The maximum atomic E-state index is 9.85. The van der Waals surface area contributed by atoms with E-state index in [-0.39, 0.29) is 12.6 Å². The number of hydrogen-bond acceptors (Lipinski definition) is 3. The van der Waals surface area contributed by atoms with Crippen molar-refractivity contribution in [1.29, 1.82) is 0 Å². The number of nitrogens with two attached hydrogens (primary N) is 2. The Labute approximate surface area is 47.8 Å². The van der Waals surface area contributed by atoms with Gasteiger partial charge in [-0.15, -0.1) is 0 Å². The standard InChI is InChI=1S/C4H10N2O2/c1-3(5)2-8-4(6)7/h3H,2,5H2,1H3,(H2,6,7)/t3-/m0/s1. The molecule has 0 aliphatic rings. The smallest absolute Gasteiger partial charge is 0.404 e. The van der Waals surface area contributed by atoms with Crippen molar-refractivity contribution in [3.8, 4) is 0 Å². The van der Waals surface area contributed by atoms with Gasteiger partial charge in [-0.3, -0.25) is 0 Å². The first-order valence-electron chi connectivity index (χ1n) is 2.30. The van der Waals surface area contributed by atoms with Crippen molar-refractivity contribution in [3.63, 3.8) is 0 Å². The highest BCUT2D eigenvalue weighted by molar-refractivity contribution is 5.64. The van der Waals surface area contributed by atoms with Crippen LogP contribution in [0.2, 0.25) is 0 Å². The van der Waals surface area contributed by atoms with Gasteiger partial charge in [0.2, 0.25) is 0 Å². The predicted molar refractivity (Wildman–Crippen MR) is 29.2 cm³/mol. The molecule has 4 heteroatoms. The maximum Gasteiger partial charge on any atom is 0.404 e. The molecule has 0 spiro atoms. The van der Waals surface area contributed by atoms with Gasteiger partial charge in [-0.05, 0) is 6.92 Å². The molecule has 1 atom stereocenters. The van der Waals surface area contributed by atoms with E-state index in [1.807, 2.05) is 0 Å². The van der Waals surface area contributed by atoms with Crippen molar-refractivity contribution in [2.24, 2.45) is 11.5 Å². The zero-order chi connectivity index (χ0) is 6.57. The summed E-state index contributed by atoms with van der Waals surface area (Å²) in [5, 5.41) is 0. The van der Waals surface area contributed by atoms with Crippen LogP contribution in [0.1, 0.15) is 6.92 Å². The molecule has 4 nitrogen and oxygen atoms in total. The molecule has 0 aliphatic heterocycles. The Morgan fingerprint density at radius 1 is 1.88 bits per heavy atom. The number of hydrogen-bond donors (Lipinski definition) is 2. The van der Waals surface area contributed by atoms with Crippen LogP contribution in [-0.4, -0.2) is 18.7 Å². The molecule has 0 aromatic heterocycles. The lowest BCUT2D eigenvalue weighted by atomic mass is 10.4. The normalized spacial score (nSPS) is 12.8. The van der Waals surface area contributed by atoms with E-state index in [9.17, 15) is 4.79 Å². The molecule has 0 unspecified atom stereocenters.